The normalized spacial score (nSPS) is 26.9. The van der Waals surface area contributed by atoms with Crippen LogP contribution in [0.1, 0.15) is 30.9 Å². The van der Waals surface area contributed by atoms with Crippen LogP contribution in [0.2, 0.25) is 0 Å². The minimum Gasteiger partial charge on any atom is -0.329 e. The second kappa shape index (κ2) is 5.99. The first kappa shape index (κ1) is 13.0. The number of hydrogen-bond acceptors (Lipinski definition) is 4. The van der Waals surface area contributed by atoms with E-state index in [0.29, 0.717) is 12.6 Å². The summed E-state index contributed by atoms with van der Waals surface area (Å²) in [6, 6.07) is 5.23. The van der Waals surface area contributed by atoms with E-state index in [-0.39, 0.29) is 0 Å². The van der Waals surface area contributed by atoms with Crippen molar-refractivity contribution in [2.45, 2.75) is 31.3 Å². The van der Waals surface area contributed by atoms with E-state index in [0.717, 1.165) is 19.1 Å². The first-order valence-corrected chi connectivity index (χ1v) is 7.46. The molecule has 2 unspecified atom stereocenters. The Labute approximate surface area is 115 Å². The first-order valence-electron chi connectivity index (χ1n) is 7.46. The predicted molar refractivity (Wildman–Crippen MR) is 76.8 cm³/mol. The molecule has 2 aliphatic heterocycles. The zero-order chi connectivity index (χ0) is 13.1. The summed E-state index contributed by atoms with van der Waals surface area (Å²) in [5, 5.41) is 0. The van der Waals surface area contributed by atoms with Gasteiger partial charge in [0.15, 0.2) is 0 Å². The van der Waals surface area contributed by atoms with Crippen LogP contribution in [0.5, 0.6) is 0 Å². The fraction of sp³-hybridized carbons (Fsp3) is 0.667. The summed E-state index contributed by atoms with van der Waals surface area (Å²) in [6.45, 7) is 5.59. The summed E-state index contributed by atoms with van der Waals surface area (Å²) in [4.78, 5) is 9.43. The van der Waals surface area contributed by atoms with Gasteiger partial charge in [0.1, 0.15) is 0 Å². The molecule has 3 heterocycles. The van der Waals surface area contributed by atoms with Crippen LogP contribution in [0, 0.1) is 0 Å². The van der Waals surface area contributed by atoms with Gasteiger partial charge in [-0.3, -0.25) is 14.8 Å². The Morgan fingerprint density at radius 1 is 1.32 bits per heavy atom. The van der Waals surface area contributed by atoms with Crippen LogP contribution < -0.4 is 5.73 Å². The molecule has 0 radical (unpaired) electrons. The number of hydrogen-bond donors (Lipinski definition) is 1. The quantitative estimate of drug-likeness (QED) is 0.885. The lowest BCUT2D eigenvalue weighted by Crippen LogP contribution is -2.38. The summed E-state index contributed by atoms with van der Waals surface area (Å²) < 4.78 is 0. The fourth-order valence-corrected chi connectivity index (χ4v) is 3.53. The topological polar surface area (TPSA) is 45.4 Å². The maximum atomic E-state index is 6.00. The van der Waals surface area contributed by atoms with Crippen molar-refractivity contribution >= 4 is 0 Å². The first-order chi connectivity index (χ1) is 9.38. The lowest BCUT2D eigenvalue weighted by molar-refractivity contribution is 0.203. The summed E-state index contributed by atoms with van der Waals surface area (Å²) in [5.74, 6) is 0. The lowest BCUT2D eigenvalue weighted by Gasteiger charge is -2.28. The van der Waals surface area contributed by atoms with Crippen LogP contribution in [-0.2, 0) is 0 Å². The number of nitrogens with two attached hydrogens (primary N) is 1. The van der Waals surface area contributed by atoms with Crippen molar-refractivity contribution in [1.29, 1.82) is 0 Å². The molecule has 1 aromatic heterocycles. The van der Waals surface area contributed by atoms with E-state index in [1.807, 2.05) is 18.5 Å². The second-order valence-electron chi connectivity index (χ2n) is 5.72. The lowest BCUT2D eigenvalue weighted by atomic mass is 10.1. The Morgan fingerprint density at radius 3 is 2.84 bits per heavy atom. The summed E-state index contributed by atoms with van der Waals surface area (Å²) in [7, 11) is 0. The van der Waals surface area contributed by atoms with Crippen LogP contribution >= 0.6 is 0 Å². The third-order valence-corrected chi connectivity index (χ3v) is 4.59. The number of nitrogens with zero attached hydrogens (tertiary/aromatic N) is 3. The van der Waals surface area contributed by atoms with Gasteiger partial charge < -0.3 is 5.73 Å². The molecule has 0 aliphatic carbocycles. The molecule has 2 fully saturated rings. The molecule has 0 aromatic carbocycles. The molecule has 0 bridgehead atoms. The van der Waals surface area contributed by atoms with Gasteiger partial charge in [0, 0.05) is 44.1 Å². The van der Waals surface area contributed by atoms with E-state index >= 15 is 0 Å². The van der Waals surface area contributed by atoms with Gasteiger partial charge in [-0.1, -0.05) is 6.07 Å². The molecule has 3 rings (SSSR count). The van der Waals surface area contributed by atoms with Gasteiger partial charge in [0.25, 0.3) is 0 Å². The van der Waals surface area contributed by atoms with Gasteiger partial charge in [-0.15, -0.1) is 0 Å². The van der Waals surface area contributed by atoms with Crippen molar-refractivity contribution in [3.8, 4) is 0 Å². The van der Waals surface area contributed by atoms with Crippen LogP contribution in [0.15, 0.2) is 24.5 Å². The van der Waals surface area contributed by atoms with E-state index in [9.17, 15) is 0 Å². The van der Waals surface area contributed by atoms with Gasteiger partial charge >= 0.3 is 0 Å². The Balaban J connectivity index is 1.65. The summed E-state index contributed by atoms with van der Waals surface area (Å²) in [5.41, 5.74) is 7.26. The average Bonchev–Trinajstić information content (AvgIpc) is 3.11. The Hall–Kier alpha value is -0.970. The van der Waals surface area contributed by atoms with Crippen molar-refractivity contribution in [3.05, 3.63) is 30.1 Å². The van der Waals surface area contributed by atoms with Crippen molar-refractivity contribution in [3.63, 3.8) is 0 Å². The monoisotopic (exact) mass is 260 g/mol. The van der Waals surface area contributed by atoms with Crippen molar-refractivity contribution < 1.29 is 0 Å². The summed E-state index contributed by atoms with van der Waals surface area (Å²) >= 11 is 0. The molecule has 4 nitrogen and oxygen atoms in total. The van der Waals surface area contributed by atoms with E-state index in [2.05, 4.69) is 20.9 Å². The van der Waals surface area contributed by atoms with Crippen molar-refractivity contribution in [2.75, 3.05) is 32.7 Å². The van der Waals surface area contributed by atoms with Crippen LogP contribution in [0.3, 0.4) is 0 Å². The summed E-state index contributed by atoms with van der Waals surface area (Å²) in [6.07, 6.45) is 7.82. The van der Waals surface area contributed by atoms with E-state index < -0.39 is 0 Å². The van der Waals surface area contributed by atoms with Crippen molar-refractivity contribution in [1.82, 2.24) is 14.8 Å². The van der Waals surface area contributed by atoms with Crippen LogP contribution in [-0.4, -0.2) is 53.5 Å². The third kappa shape index (κ3) is 2.81. The highest BCUT2D eigenvalue weighted by Crippen LogP contribution is 2.27. The molecule has 0 amide bonds. The Bertz CT molecular complexity index is 388. The highest BCUT2D eigenvalue weighted by atomic mass is 15.3. The maximum Gasteiger partial charge on any atom is 0.0486 e. The SMILES string of the molecule is NCC(c1cccnc1)N1CCC(N2CCCC2)C1. The number of aromatic nitrogens is 1. The minimum absolute atomic E-state index is 0.335. The minimum atomic E-state index is 0.335. The average molecular weight is 260 g/mol. The molecule has 2 aliphatic rings. The molecule has 1 aromatic rings. The zero-order valence-corrected chi connectivity index (χ0v) is 11.5. The van der Waals surface area contributed by atoms with E-state index in [4.69, 9.17) is 5.73 Å². The highest BCUT2D eigenvalue weighted by molar-refractivity contribution is 5.15. The maximum absolute atomic E-state index is 6.00. The molecule has 104 valence electrons. The van der Waals surface area contributed by atoms with Gasteiger partial charge in [-0.05, 0) is 44.0 Å². The molecule has 2 atom stereocenters. The fourth-order valence-electron chi connectivity index (χ4n) is 3.53. The second-order valence-corrected chi connectivity index (χ2v) is 5.72. The largest absolute Gasteiger partial charge is 0.329 e. The van der Waals surface area contributed by atoms with Gasteiger partial charge in [-0.2, -0.15) is 0 Å². The van der Waals surface area contributed by atoms with E-state index in [1.54, 1.807) is 0 Å². The third-order valence-electron chi connectivity index (χ3n) is 4.59. The number of likely N-dealkylation sites (tertiary alicyclic amines) is 2. The van der Waals surface area contributed by atoms with Gasteiger partial charge in [0.2, 0.25) is 0 Å². The number of rotatable bonds is 4. The molecule has 0 saturated carbocycles. The molecule has 19 heavy (non-hydrogen) atoms. The van der Waals surface area contributed by atoms with E-state index in [1.165, 1.54) is 37.9 Å². The molecule has 0 spiro atoms. The number of pyridine rings is 1. The molecular weight excluding hydrogens is 236 g/mol. The Kier molecular flexibility index (Phi) is 4.11. The van der Waals surface area contributed by atoms with Crippen LogP contribution in [0.25, 0.3) is 0 Å². The molecule has 4 heteroatoms. The van der Waals surface area contributed by atoms with Gasteiger partial charge in [0.05, 0.1) is 0 Å². The molecule has 2 N–H and O–H groups in total. The van der Waals surface area contributed by atoms with Crippen LogP contribution in [0.4, 0.5) is 0 Å². The molecule has 2 saturated heterocycles. The Morgan fingerprint density at radius 2 is 2.16 bits per heavy atom. The molecular formula is C15H24N4. The smallest absolute Gasteiger partial charge is 0.0486 e. The zero-order valence-electron chi connectivity index (χ0n) is 11.5. The van der Waals surface area contributed by atoms with Crippen molar-refractivity contribution in [2.24, 2.45) is 5.73 Å². The predicted octanol–water partition coefficient (Wildman–Crippen LogP) is 1.25. The highest BCUT2D eigenvalue weighted by Gasteiger charge is 2.32. The standard InChI is InChI=1S/C15H24N4/c16-10-15(13-4-3-6-17-11-13)19-9-5-14(12-19)18-7-1-2-8-18/h3-4,6,11,14-15H,1-2,5,7-10,12,16H2. The van der Waals surface area contributed by atoms with Gasteiger partial charge in [-0.25, -0.2) is 0 Å².